The molecule has 1 aliphatic heterocycles. The van der Waals surface area contributed by atoms with Gasteiger partial charge in [-0.2, -0.15) is 0 Å². The Morgan fingerprint density at radius 3 is 2.36 bits per heavy atom. The molecular formula is C20H15N2O6-. The molecule has 0 spiro atoms. The maximum atomic E-state index is 12.7. The van der Waals surface area contributed by atoms with E-state index < -0.39 is 30.4 Å². The largest absolute Gasteiger partial charge is 0.546 e. The number of ether oxygens (including phenoxy) is 1. The van der Waals surface area contributed by atoms with Crippen LogP contribution in [0.4, 0.5) is 4.79 Å². The quantitative estimate of drug-likeness (QED) is 0.576. The van der Waals surface area contributed by atoms with Crippen LogP contribution in [-0.2, 0) is 20.9 Å². The maximum Gasteiger partial charge on any atom is 0.331 e. The van der Waals surface area contributed by atoms with E-state index in [9.17, 15) is 24.3 Å². The molecule has 2 aromatic rings. The molecule has 0 unspecified atom stereocenters. The number of hydrogen-bond donors (Lipinski definition) is 1. The lowest BCUT2D eigenvalue weighted by Gasteiger charge is -2.26. The van der Waals surface area contributed by atoms with E-state index in [2.05, 4.69) is 5.32 Å². The highest BCUT2D eigenvalue weighted by Crippen LogP contribution is 2.19. The zero-order valence-electron chi connectivity index (χ0n) is 14.6. The molecule has 1 saturated heterocycles. The van der Waals surface area contributed by atoms with Gasteiger partial charge in [-0.3, -0.25) is 19.8 Å². The number of hydrogen-bond acceptors (Lipinski definition) is 6. The van der Waals surface area contributed by atoms with E-state index in [0.29, 0.717) is 11.3 Å². The average Bonchev–Trinajstić information content (AvgIpc) is 2.68. The second-order valence-electron chi connectivity index (χ2n) is 5.92. The van der Waals surface area contributed by atoms with E-state index >= 15 is 0 Å². The molecule has 2 aromatic carbocycles. The lowest BCUT2D eigenvalue weighted by Crippen LogP contribution is -2.53. The molecule has 1 heterocycles. The molecule has 28 heavy (non-hydrogen) atoms. The molecule has 0 atom stereocenters. The van der Waals surface area contributed by atoms with Crippen LogP contribution in [0.1, 0.15) is 11.1 Å². The van der Waals surface area contributed by atoms with E-state index in [-0.39, 0.29) is 12.1 Å². The van der Waals surface area contributed by atoms with E-state index in [1.54, 1.807) is 36.4 Å². The number of barbiturate groups is 1. The Bertz CT molecular complexity index is 950. The zero-order chi connectivity index (χ0) is 20.1. The number of carboxylic acids is 1. The van der Waals surface area contributed by atoms with Gasteiger partial charge < -0.3 is 14.6 Å². The van der Waals surface area contributed by atoms with Crippen LogP contribution < -0.4 is 15.2 Å². The van der Waals surface area contributed by atoms with Crippen molar-refractivity contribution in [2.24, 2.45) is 0 Å². The summed E-state index contributed by atoms with van der Waals surface area (Å²) in [6.07, 6.45) is 1.35. The van der Waals surface area contributed by atoms with Gasteiger partial charge in [-0.05, 0) is 29.3 Å². The highest BCUT2D eigenvalue weighted by atomic mass is 16.5. The molecule has 0 aliphatic carbocycles. The third-order valence-corrected chi connectivity index (χ3v) is 3.92. The van der Waals surface area contributed by atoms with Gasteiger partial charge in [0.15, 0.2) is 0 Å². The van der Waals surface area contributed by atoms with Crippen molar-refractivity contribution >= 4 is 29.9 Å². The third kappa shape index (κ3) is 4.42. The predicted octanol–water partition coefficient (Wildman–Crippen LogP) is 0.477. The minimum Gasteiger partial charge on any atom is -0.546 e. The number of nitrogens with one attached hydrogen (secondary N) is 1. The summed E-state index contributed by atoms with van der Waals surface area (Å²) in [4.78, 5) is 48.2. The van der Waals surface area contributed by atoms with Crippen LogP contribution >= 0.6 is 0 Å². The molecule has 142 valence electrons. The van der Waals surface area contributed by atoms with Crippen molar-refractivity contribution in [3.05, 3.63) is 71.3 Å². The number of benzene rings is 2. The SMILES string of the molecule is O=C([O-])COc1ccc(/C=C2\C(=O)NC(=O)N(Cc3ccccc3)C2=O)cc1. The molecular weight excluding hydrogens is 364 g/mol. The van der Waals surface area contributed by atoms with Gasteiger partial charge in [-0.15, -0.1) is 0 Å². The van der Waals surface area contributed by atoms with E-state index in [1.807, 2.05) is 6.07 Å². The fourth-order valence-corrected chi connectivity index (χ4v) is 2.57. The Hall–Kier alpha value is -3.94. The first kappa shape index (κ1) is 18.8. The highest BCUT2D eigenvalue weighted by molar-refractivity contribution is 6.30. The lowest BCUT2D eigenvalue weighted by molar-refractivity contribution is -0.307. The smallest absolute Gasteiger partial charge is 0.331 e. The average molecular weight is 379 g/mol. The minimum atomic E-state index is -1.35. The second kappa shape index (κ2) is 8.17. The van der Waals surface area contributed by atoms with E-state index in [1.165, 1.54) is 18.2 Å². The number of carbonyl (C=O) groups excluding carboxylic acids is 4. The molecule has 0 saturated carbocycles. The van der Waals surface area contributed by atoms with Gasteiger partial charge in [0, 0.05) is 0 Å². The Kier molecular flexibility index (Phi) is 5.50. The summed E-state index contributed by atoms with van der Waals surface area (Å²) in [5.41, 5.74) is 1.07. The molecule has 8 nitrogen and oxygen atoms in total. The molecule has 1 aliphatic rings. The standard InChI is InChI=1S/C20H16N2O6/c23-17(24)12-28-15-8-6-13(7-9-15)10-16-18(25)21-20(27)22(19(16)26)11-14-4-2-1-3-5-14/h1-10H,11-12H2,(H,23,24)(H,21,25,27)/p-1/b16-10+. The summed E-state index contributed by atoms with van der Waals surface area (Å²) < 4.78 is 4.97. The number of rotatable bonds is 6. The Morgan fingerprint density at radius 2 is 1.71 bits per heavy atom. The predicted molar refractivity (Wildman–Crippen MR) is 95.5 cm³/mol. The molecule has 1 fully saturated rings. The van der Waals surface area contributed by atoms with Crippen LogP contribution in [-0.4, -0.2) is 35.3 Å². The first-order chi connectivity index (χ1) is 13.4. The normalized spacial score (nSPS) is 15.5. The zero-order valence-corrected chi connectivity index (χ0v) is 14.6. The summed E-state index contributed by atoms with van der Waals surface area (Å²) in [6.45, 7) is -0.552. The van der Waals surface area contributed by atoms with Crippen LogP contribution in [0.2, 0.25) is 0 Å². The fraction of sp³-hybridized carbons (Fsp3) is 0.100. The number of urea groups is 1. The maximum absolute atomic E-state index is 12.7. The summed E-state index contributed by atoms with van der Waals surface area (Å²) >= 11 is 0. The Balaban J connectivity index is 1.79. The monoisotopic (exact) mass is 379 g/mol. The fourth-order valence-electron chi connectivity index (χ4n) is 2.57. The third-order valence-electron chi connectivity index (χ3n) is 3.92. The first-order valence-corrected chi connectivity index (χ1v) is 8.29. The molecule has 0 bridgehead atoms. The van der Waals surface area contributed by atoms with E-state index in [4.69, 9.17) is 4.74 Å². The molecule has 0 radical (unpaired) electrons. The minimum absolute atomic E-state index is 0.0339. The van der Waals surface area contributed by atoms with Crippen molar-refractivity contribution in [2.45, 2.75) is 6.54 Å². The van der Waals surface area contributed by atoms with Crippen LogP contribution in [0, 0.1) is 0 Å². The van der Waals surface area contributed by atoms with Gasteiger partial charge in [-0.25, -0.2) is 4.79 Å². The highest BCUT2D eigenvalue weighted by Gasteiger charge is 2.35. The van der Waals surface area contributed by atoms with E-state index in [0.717, 1.165) is 10.5 Å². The van der Waals surface area contributed by atoms with Crippen LogP contribution in [0.25, 0.3) is 6.08 Å². The van der Waals surface area contributed by atoms with Crippen molar-refractivity contribution < 1.29 is 29.0 Å². The Labute approximate surface area is 160 Å². The molecule has 1 N–H and O–H groups in total. The van der Waals surface area contributed by atoms with Crippen molar-refractivity contribution in [1.82, 2.24) is 10.2 Å². The van der Waals surface area contributed by atoms with Gasteiger partial charge in [0.25, 0.3) is 11.8 Å². The van der Waals surface area contributed by atoms with Crippen LogP contribution in [0.15, 0.2) is 60.2 Å². The van der Waals surface area contributed by atoms with Gasteiger partial charge in [0.1, 0.15) is 17.9 Å². The van der Waals surface area contributed by atoms with Crippen LogP contribution in [0.5, 0.6) is 5.75 Å². The molecule has 4 amide bonds. The number of carboxylic acid groups (broad SMARTS) is 1. The van der Waals surface area contributed by atoms with Crippen molar-refractivity contribution in [1.29, 1.82) is 0 Å². The van der Waals surface area contributed by atoms with Gasteiger partial charge in [-0.1, -0.05) is 42.5 Å². The van der Waals surface area contributed by atoms with Gasteiger partial charge in [0.2, 0.25) is 0 Å². The summed E-state index contributed by atoms with van der Waals surface area (Å²) in [7, 11) is 0. The number of carbonyl (C=O) groups is 4. The van der Waals surface area contributed by atoms with Crippen molar-refractivity contribution in [3.63, 3.8) is 0 Å². The topological polar surface area (TPSA) is 116 Å². The van der Waals surface area contributed by atoms with Gasteiger partial charge in [0.05, 0.1) is 12.5 Å². The lowest BCUT2D eigenvalue weighted by atomic mass is 10.1. The number of aliphatic carboxylic acids is 1. The van der Waals surface area contributed by atoms with Gasteiger partial charge >= 0.3 is 6.03 Å². The summed E-state index contributed by atoms with van der Waals surface area (Å²) in [5.74, 6) is -2.53. The molecule has 8 heteroatoms. The number of amides is 4. The molecule has 3 rings (SSSR count). The van der Waals surface area contributed by atoms with Crippen molar-refractivity contribution in [2.75, 3.05) is 6.61 Å². The molecule has 0 aromatic heterocycles. The Morgan fingerprint density at radius 1 is 1.04 bits per heavy atom. The number of nitrogens with zero attached hydrogens (tertiary/aromatic N) is 1. The number of imide groups is 2. The van der Waals surface area contributed by atoms with Crippen LogP contribution in [0.3, 0.4) is 0 Å². The van der Waals surface area contributed by atoms with Crippen molar-refractivity contribution in [3.8, 4) is 5.75 Å². The first-order valence-electron chi connectivity index (χ1n) is 8.29. The second-order valence-corrected chi connectivity index (χ2v) is 5.92. The summed E-state index contributed by atoms with van der Waals surface area (Å²) in [5, 5.41) is 12.6. The summed E-state index contributed by atoms with van der Waals surface area (Å²) in [6, 6.07) is 14.2.